The Morgan fingerprint density at radius 3 is 2.75 bits per heavy atom. The minimum absolute atomic E-state index is 0.0683. The number of nitrogens with two attached hydrogens (primary N) is 1. The van der Waals surface area contributed by atoms with Crippen LogP contribution in [0.1, 0.15) is 15.2 Å². The van der Waals surface area contributed by atoms with Crippen molar-refractivity contribution in [3.63, 3.8) is 0 Å². The fraction of sp³-hybridized carbons (Fsp3) is 0.0909. The molecule has 4 N–H and O–H groups in total. The summed E-state index contributed by atoms with van der Waals surface area (Å²) in [6.07, 6.45) is 1.64. The zero-order valence-corrected chi connectivity index (χ0v) is 12.6. The van der Waals surface area contributed by atoms with Crippen molar-refractivity contribution < 1.29 is 13.2 Å². The zero-order chi connectivity index (χ0) is 14.8. The van der Waals surface area contributed by atoms with Crippen molar-refractivity contribution in [2.75, 3.05) is 0 Å². The summed E-state index contributed by atoms with van der Waals surface area (Å²) < 4.78 is 22.7. The van der Waals surface area contributed by atoms with Gasteiger partial charge in [0.05, 0.1) is 12.1 Å². The lowest BCUT2D eigenvalue weighted by molar-refractivity contribution is 0.0950. The highest BCUT2D eigenvalue weighted by Gasteiger charge is 2.12. The first-order chi connectivity index (χ1) is 9.38. The topological polar surface area (TPSA) is 105 Å². The number of rotatable bonds is 4. The van der Waals surface area contributed by atoms with E-state index in [1.165, 1.54) is 6.07 Å². The summed E-state index contributed by atoms with van der Waals surface area (Å²) in [4.78, 5) is 15.4. The number of thiophene rings is 1. The van der Waals surface area contributed by atoms with Gasteiger partial charge in [0.25, 0.3) is 5.91 Å². The highest BCUT2D eigenvalue weighted by Crippen LogP contribution is 2.20. The van der Waals surface area contributed by atoms with Crippen LogP contribution < -0.4 is 10.5 Å². The second-order valence-electron chi connectivity index (χ2n) is 3.86. The minimum Gasteiger partial charge on any atom is -0.352 e. The molecule has 0 radical (unpaired) electrons. The number of amides is 1. The first-order valence-electron chi connectivity index (χ1n) is 5.45. The Balaban J connectivity index is 2.06. The summed E-state index contributed by atoms with van der Waals surface area (Å²) in [5.74, 6) is -0.322. The fourth-order valence-electron chi connectivity index (χ4n) is 1.47. The van der Waals surface area contributed by atoms with Gasteiger partial charge in [-0.15, -0.1) is 11.3 Å². The number of primary sulfonamides is 1. The van der Waals surface area contributed by atoms with Crippen LogP contribution in [-0.4, -0.2) is 19.3 Å². The monoisotopic (exact) mass is 329 g/mol. The molecule has 6 nitrogen and oxygen atoms in total. The summed E-state index contributed by atoms with van der Waals surface area (Å²) in [5, 5.41) is 7.68. The molecule has 0 unspecified atom stereocenters. The fourth-order valence-corrected chi connectivity index (χ4v) is 3.42. The van der Waals surface area contributed by atoms with E-state index in [1.54, 1.807) is 24.4 Å². The molecule has 0 saturated heterocycles. The predicted molar refractivity (Wildman–Crippen MR) is 78.5 cm³/mol. The third-order valence-corrected chi connectivity index (χ3v) is 5.26. The highest BCUT2D eigenvalue weighted by atomic mass is 32.2. The normalized spacial score (nSPS) is 11.2. The Morgan fingerprint density at radius 2 is 2.15 bits per heavy atom. The molecule has 9 heteroatoms. The van der Waals surface area contributed by atoms with Crippen molar-refractivity contribution in [2.24, 2.45) is 5.14 Å². The van der Waals surface area contributed by atoms with Crippen LogP contribution in [0.2, 0.25) is 0 Å². The molecule has 2 rings (SSSR count). The van der Waals surface area contributed by atoms with Crippen LogP contribution in [0.3, 0.4) is 0 Å². The lowest BCUT2D eigenvalue weighted by Crippen LogP contribution is -2.22. The lowest BCUT2D eigenvalue weighted by Gasteiger charge is -2.03. The van der Waals surface area contributed by atoms with Crippen molar-refractivity contribution >= 4 is 39.5 Å². The molecular weight excluding hydrogens is 318 g/mol. The second-order valence-corrected chi connectivity index (χ2v) is 7.23. The molecule has 106 valence electrons. The van der Waals surface area contributed by atoms with Gasteiger partial charge in [-0.05, 0) is 24.3 Å². The van der Waals surface area contributed by atoms with Gasteiger partial charge in [-0.2, -0.15) is 0 Å². The van der Waals surface area contributed by atoms with E-state index in [4.69, 9.17) is 17.4 Å². The number of hydrogen-bond donors (Lipinski definition) is 3. The Morgan fingerprint density at radius 1 is 1.40 bits per heavy atom. The Bertz CT molecular complexity index is 792. The lowest BCUT2D eigenvalue weighted by atomic mass is 10.2. The van der Waals surface area contributed by atoms with Gasteiger partial charge >= 0.3 is 0 Å². The van der Waals surface area contributed by atoms with Crippen molar-refractivity contribution in [1.82, 2.24) is 10.3 Å². The number of carbonyl (C=O) groups is 1. The van der Waals surface area contributed by atoms with Crippen LogP contribution in [-0.2, 0) is 16.6 Å². The van der Waals surface area contributed by atoms with Gasteiger partial charge in [0, 0.05) is 11.1 Å². The number of hydrogen-bond acceptors (Lipinski definition) is 5. The van der Waals surface area contributed by atoms with Gasteiger partial charge in [0.15, 0.2) is 0 Å². The standard InChI is InChI=1S/C11H11N3O3S3/c12-20(16,17)9-4-3-7(19-9)6-14-10(15)8-2-1-5-13-11(8)18/h1-5H,6H2,(H,13,18)(H,14,15)(H2,12,16,17). The molecule has 2 aromatic heterocycles. The summed E-state index contributed by atoms with van der Waals surface area (Å²) >= 11 is 6.02. The number of aromatic nitrogens is 1. The molecule has 0 aliphatic rings. The Kier molecular flexibility index (Phi) is 4.33. The molecule has 0 fully saturated rings. The molecule has 1 amide bonds. The van der Waals surface area contributed by atoms with E-state index in [0.29, 0.717) is 15.1 Å². The molecule has 0 aliphatic carbocycles. The maximum Gasteiger partial charge on any atom is 0.254 e. The van der Waals surface area contributed by atoms with Gasteiger partial charge < -0.3 is 10.3 Å². The molecule has 0 aromatic carbocycles. The Hall–Kier alpha value is -1.55. The van der Waals surface area contributed by atoms with Crippen LogP contribution in [0.15, 0.2) is 34.7 Å². The first kappa shape index (κ1) is 14.9. The number of aromatic amines is 1. The van der Waals surface area contributed by atoms with Crippen LogP contribution in [0.25, 0.3) is 0 Å². The highest BCUT2D eigenvalue weighted by molar-refractivity contribution is 7.91. The van der Waals surface area contributed by atoms with E-state index < -0.39 is 10.0 Å². The minimum atomic E-state index is -3.70. The average Bonchev–Trinajstić information content (AvgIpc) is 2.85. The van der Waals surface area contributed by atoms with Crippen molar-refractivity contribution in [3.05, 3.63) is 45.5 Å². The molecule has 20 heavy (non-hydrogen) atoms. The summed E-state index contributed by atoms with van der Waals surface area (Å²) in [5.41, 5.74) is 0.366. The SMILES string of the molecule is NS(=O)(=O)c1ccc(CNC(=O)c2ccc[nH]c2=S)s1. The van der Waals surface area contributed by atoms with Crippen LogP contribution in [0, 0.1) is 4.64 Å². The van der Waals surface area contributed by atoms with Crippen LogP contribution in [0.5, 0.6) is 0 Å². The average molecular weight is 329 g/mol. The van der Waals surface area contributed by atoms with Crippen molar-refractivity contribution in [2.45, 2.75) is 10.8 Å². The largest absolute Gasteiger partial charge is 0.352 e. The van der Waals surface area contributed by atoms with Gasteiger partial charge in [-0.1, -0.05) is 12.2 Å². The zero-order valence-electron chi connectivity index (χ0n) is 10.1. The Labute approximate surface area is 124 Å². The molecular formula is C11H11N3O3S3. The summed E-state index contributed by atoms with van der Waals surface area (Å²) in [6, 6.07) is 6.31. The quantitative estimate of drug-likeness (QED) is 0.737. The smallest absolute Gasteiger partial charge is 0.254 e. The van der Waals surface area contributed by atoms with Gasteiger partial charge in [-0.25, -0.2) is 13.6 Å². The maximum absolute atomic E-state index is 11.9. The molecule has 0 bridgehead atoms. The number of nitrogens with one attached hydrogen (secondary N) is 2. The molecule has 0 aliphatic heterocycles. The summed E-state index contributed by atoms with van der Waals surface area (Å²) in [7, 11) is -3.70. The third kappa shape index (κ3) is 3.51. The van der Waals surface area contributed by atoms with E-state index in [0.717, 1.165) is 11.3 Å². The third-order valence-electron chi connectivity index (χ3n) is 2.40. The van der Waals surface area contributed by atoms with E-state index in [-0.39, 0.29) is 16.7 Å². The van der Waals surface area contributed by atoms with Gasteiger partial charge in [0.1, 0.15) is 8.85 Å². The van der Waals surface area contributed by atoms with Gasteiger partial charge in [-0.3, -0.25) is 4.79 Å². The molecule has 2 aromatic rings. The molecule has 0 atom stereocenters. The van der Waals surface area contributed by atoms with E-state index in [9.17, 15) is 13.2 Å². The number of carbonyl (C=O) groups excluding carboxylic acids is 1. The number of sulfonamides is 1. The number of H-pyrrole nitrogens is 1. The second kappa shape index (κ2) is 5.83. The van der Waals surface area contributed by atoms with Crippen molar-refractivity contribution in [3.8, 4) is 0 Å². The first-order valence-corrected chi connectivity index (χ1v) is 8.22. The molecule has 2 heterocycles. The maximum atomic E-state index is 11.9. The van der Waals surface area contributed by atoms with E-state index in [2.05, 4.69) is 10.3 Å². The van der Waals surface area contributed by atoms with E-state index in [1.807, 2.05) is 0 Å². The van der Waals surface area contributed by atoms with E-state index >= 15 is 0 Å². The molecule has 0 spiro atoms. The number of pyridine rings is 1. The molecule has 0 saturated carbocycles. The van der Waals surface area contributed by atoms with Crippen LogP contribution >= 0.6 is 23.6 Å². The van der Waals surface area contributed by atoms with Gasteiger partial charge in [0.2, 0.25) is 10.0 Å². The van der Waals surface area contributed by atoms with Crippen LogP contribution in [0.4, 0.5) is 0 Å². The van der Waals surface area contributed by atoms with Crippen molar-refractivity contribution in [1.29, 1.82) is 0 Å². The summed E-state index contributed by atoms with van der Waals surface area (Å²) in [6.45, 7) is 0.211. The predicted octanol–water partition coefficient (Wildman–Crippen LogP) is 1.38.